The molecule has 0 spiro atoms. The van der Waals surface area contributed by atoms with Crippen molar-refractivity contribution in [1.82, 2.24) is 15.5 Å². The topological polar surface area (TPSA) is 86.9 Å². The molecule has 3 rings (SSSR count). The molecule has 1 heterocycles. The molecule has 0 aliphatic heterocycles. The SMILES string of the molecule is O=C(CCCCNCF)Nc1cccc(-c2n[nH]c(=O)c3ccccc23)c1. The zero-order chi connectivity index (χ0) is 19.1. The summed E-state index contributed by atoms with van der Waals surface area (Å²) in [5.74, 6) is -0.0910. The maximum Gasteiger partial charge on any atom is 0.272 e. The fourth-order valence-electron chi connectivity index (χ4n) is 2.90. The fraction of sp³-hybridized carbons (Fsp3) is 0.250. The number of rotatable bonds is 8. The molecule has 0 aliphatic rings. The summed E-state index contributed by atoms with van der Waals surface area (Å²) in [5, 5.41) is 13.5. The fourth-order valence-corrected chi connectivity index (χ4v) is 2.90. The molecular weight excluding hydrogens is 347 g/mol. The van der Waals surface area contributed by atoms with E-state index in [0.29, 0.717) is 36.2 Å². The largest absolute Gasteiger partial charge is 0.326 e. The third-order valence-electron chi connectivity index (χ3n) is 4.22. The van der Waals surface area contributed by atoms with Crippen molar-refractivity contribution in [2.75, 3.05) is 18.7 Å². The molecule has 0 radical (unpaired) electrons. The van der Waals surface area contributed by atoms with Gasteiger partial charge in [-0.15, -0.1) is 0 Å². The first-order chi connectivity index (χ1) is 13.2. The second kappa shape index (κ2) is 9.05. The van der Waals surface area contributed by atoms with E-state index in [4.69, 9.17) is 0 Å². The number of nitrogens with zero attached hydrogens (tertiary/aromatic N) is 1. The number of benzene rings is 2. The molecular formula is C20H21FN4O2. The quantitative estimate of drug-likeness (QED) is 0.421. The van der Waals surface area contributed by atoms with Gasteiger partial charge in [0.15, 0.2) is 0 Å². The van der Waals surface area contributed by atoms with Crippen LogP contribution in [-0.2, 0) is 4.79 Å². The molecule has 2 aromatic carbocycles. The number of halogens is 1. The van der Waals surface area contributed by atoms with Crippen LogP contribution in [0.1, 0.15) is 19.3 Å². The first-order valence-electron chi connectivity index (χ1n) is 8.83. The van der Waals surface area contributed by atoms with Gasteiger partial charge in [-0.05, 0) is 37.6 Å². The van der Waals surface area contributed by atoms with Gasteiger partial charge in [0.05, 0.1) is 11.1 Å². The zero-order valence-corrected chi connectivity index (χ0v) is 14.8. The summed E-state index contributed by atoms with van der Waals surface area (Å²) in [5.41, 5.74) is 1.88. The van der Waals surface area contributed by atoms with E-state index in [1.54, 1.807) is 18.2 Å². The van der Waals surface area contributed by atoms with Crippen molar-refractivity contribution < 1.29 is 9.18 Å². The van der Waals surface area contributed by atoms with Gasteiger partial charge in [0.1, 0.15) is 6.80 Å². The molecule has 0 saturated heterocycles. The minimum absolute atomic E-state index is 0.0910. The summed E-state index contributed by atoms with van der Waals surface area (Å²) in [4.78, 5) is 24.0. The van der Waals surface area contributed by atoms with Crippen LogP contribution in [0.4, 0.5) is 10.1 Å². The number of carbonyl (C=O) groups excluding carboxylic acids is 1. The summed E-state index contributed by atoms with van der Waals surface area (Å²) in [6.45, 7) is 0.0106. The number of fused-ring (bicyclic) bond motifs is 1. The zero-order valence-electron chi connectivity index (χ0n) is 14.8. The Labute approximate surface area is 155 Å². The lowest BCUT2D eigenvalue weighted by Gasteiger charge is -2.09. The summed E-state index contributed by atoms with van der Waals surface area (Å²) in [6.07, 6.45) is 1.80. The molecule has 0 aliphatic carbocycles. The van der Waals surface area contributed by atoms with Crippen LogP contribution < -0.4 is 16.2 Å². The molecule has 3 aromatic rings. The van der Waals surface area contributed by atoms with Gasteiger partial charge in [-0.1, -0.05) is 30.3 Å². The van der Waals surface area contributed by atoms with Crippen LogP contribution in [0.2, 0.25) is 0 Å². The van der Waals surface area contributed by atoms with E-state index < -0.39 is 6.80 Å². The van der Waals surface area contributed by atoms with Crippen molar-refractivity contribution in [3.63, 3.8) is 0 Å². The van der Waals surface area contributed by atoms with Crippen molar-refractivity contribution in [1.29, 1.82) is 0 Å². The highest BCUT2D eigenvalue weighted by Gasteiger charge is 2.09. The lowest BCUT2D eigenvalue weighted by molar-refractivity contribution is -0.116. The van der Waals surface area contributed by atoms with Gasteiger partial charge in [-0.3, -0.25) is 14.9 Å². The predicted octanol–water partition coefficient (Wildman–Crippen LogP) is 3.22. The number of anilines is 1. The Balaban J connectivity index is 1.74. The average Bonchev–Trinajstić information content (AvgIpc) is 2.68. The predicted molar refractivity (Wildman–Crippen MR) is 104 cm³/mol. The van der Waals surface area contributed by atoms with Crippen molar-refractivity contribution in [2.24, 2.45) is 0 Å². The van der Waals surface area contributed by atoms with E-state index in [0.717, 1.165) is 17.4 Å². The normalized spacial score (nSPS) is 10.9. The molecule has 0 bridgehead atoms. The number of hydrogen-bond acceptors (Lipinski definition) is 4. The Hall–Kier alpha value is -3.06. The van der Waals surface area contributed by atoms with Crippen LogP contribution in [0, 0.1) is 0 Å². The second-order valence-electron chi connectivity index (χ2n) is 6.17. The van der Waals surface area contributed by atoms with Crippen molar-refractivity contribution in [3.05, 3.63) is 58.9 Å². The number of amides is 1. The molecule has 1 aromatic heterocycles. The standard InChI is InChI=1S/C20H21FN4O2/c21-13-22-11-4-3-10-18(26)23-15-7-5-6-14(12-15)19-16-8-1-2-9-17(16)20(27)25-24-19/h1-2,5-9,12,22H,3-4,10-11,13H2,(H,23,26)(H,25,27). The maximum absolute atomic E-state index is 12.1. The summed E-state index contributed by atoms with van der Waals surface area (Å²) >= 11 is 0. The Kier molecular flexibility index (Phi) is 6.27. The van der Waals surface area contributed by atoms with E-state index in [2.05, 4.69) is 20.8 Å². The maximum atomic E-state index is 12.1. The lowest BCUT2D eigenvalue weighted by Crippen LogP contribution is -2.15. The monoisotopic (exact) mass is 368 g/mol. The van der Waals surface area contributed by atoms with Crippen molar-refractivity contribution in [2.45, 2.75) is 19.3 Å². The molecule has 3 N–H and O–H groups in total. The molecule has 0 saturated carbocycles. The van der Waals surface area contributed by atoms with Crippen LogP contribution in [0.15, 0.2) is 53.3 Å². The third-order valence-corrected chi connectivity index (χ3v) is 4.22. The summed E-state index contributed by atoms with van der Waals surface area (Å²) in [7, 11) is 0. The Morgan fingerprint density at radius 2 is 1.89 bits per heavy atom. The summed E-state index contributed by atoms with van der Waals surface area (Å²) < 4.78 is 11.9. The highest BCUT2D eigenvalue weighted by Crippen LogP contribution is 2.26. The number of H-pyrrole nitrogens is 1. The van der Waals surface area contributed by atoms with Crippen LogP contribution >= 0.6 is 0 Å². The Morgan fingerprint density at radius 1 is 1.07 bits per heavy atom. The highest BCUT2D eigenvalue weighted by atomic mass is 19.1. The number of hydrogen-bond donors (Lipinski definition) is 3. The van der Waals surface area contributed by atoms with E-state index in [1.165, 1.54) is 0 Å². The minimum Gasteiger partial charge on any atom is -0.326 e. The molecule has 7 heteroatoms. The molecule has 0 unspecified atom stereocenters. The van der Waals surface area contributed by atoms with Crippen molar-refractivity contribution >= 4 is 22.4 Å². The molecule has 0 atom stereocenters. The number of alkyl halides is 1. The minimum atomic E-state index is -0.549. The van der Waals surface area contributed by atoms with Gasteiger partial charge in [0.25, 0.3) is 5.56 Å². The first kappa shape index (κ1) is 18.7. The number of unbranched alkanes of at least 4 members (excludes halogenated alkanes) is 1. The van der Waals surface area contributed by atoms with Gasteiger partial charge < -0.3 is 5.32 Å². The van der Waals surface area contributed by atoms with E-state index in [1.807, 2.05) is 30.3 Å². The van der Waals surface area contributed by atoms with Gasteiger partial charge >= 0.3 is 0 Å². The van der Waals surface area contributed by atoms with E-state index in [9.17, 15) is 14.0 Å². The second-order valence-corrected chi connectivity index (χ2v) is 6.17. The van der Waals surface area contributed by atoms with Gasteiger partial charge in [0, 0.05) is 23.1 Å². The van der Waals surface area contributed by atoms with Gasteiger partial charge in [-0.2, -0.15) is 5.10 Å². The number of carbonyl (C=O) groups is 1. The number of aromatic amines is 1. The van der Waals surface area contributed by atoms with Crippen LogP contribution in [-0.4, -0.2) is 29.4 Å². The highest BCUT2D eigenvalue weighted by molar-refractivity contribution is 5.95. The van der Waals surface area contributed by atoms with E-state index in [-0.39, 0.29) is 11.5 Å². The van der Waals surface area contributed by atoms with Crippen LogP contribution in [0.3, 0.4) is 0 Å². The molecule has 27 heavy (non-hydrogen) atoms. The van der Waals surface area contributed by atoms with Crippen molar-refractivity contribution in [3.8, 4) is 11.3 Å². The summed E-state index contributed by atoms with van der Waals surface area (Å²) in [6, 6.07) is 14.6. The molecule has 140 valence electrons. The Bertz CT molecular complexity index is 987. The average molecular weight is 368 g/mol. The first-order valence-corrected chi connectivity index (χ1v) is 8.83. The molecule has 6 nitrogen and oxygen atoms in total. The van der Waals surface area contributed by atoms with Crippen LogP contribution in [0.25, 0.3) is 22.0 Å². The van der Waals surface area contributed by atoms with Gasteiger partial charge in [-0.25, -0.2) is 9.49 Å². The van der Waals surface area contributed by atoms with E-state index >= 15 is 0 Å². The lowest BCUT2D eigenvalue weighted by atomic mass is 10.0. The Morgan fingerprint density at radius 3 is 2.70 bits per heavy atom. The molecule has 1 amide bonds. The smallest absolute Gasteiger partial charge is 0.272 e. The van der Waals surface area contributed by atoms with Crippen LogP contribution in [0.5, 0.6) is 0 Å². The number of nitrogens with one attached hydrogen (secondary N) is 3. The van der Waals surface area contributed by atoms with Gasteiger partial charge in [0.2, 0.25) is 5.91 Å². The third kappa shape index (κ3) is 4.77. The number of aromatic nitrogens is 2. The molecule has 0 fully saturated rings.